The largest absolute Gasteiger partial charge is 0.458 e. The molecule has 0 aliphatic rings. The van der Waals surface area contributed by atoms with Crippen LogP contribution in [0.15, 0.2) is 21.2 Å². The van der Waals surface area contributed by atoms with E-state index < -0.39 is 0 Å². The van der Waals surface area contributed by atoms with E-state index in [9.17, 15) is 4.79 Å². The summed E-state index contributed by atoms with van der Waals surface area (Å²) in [6.07, 6.45) is 1.45. The molecule has 0 aliphatic carbocycles. The molecular weight excluding hydrogens is 271 g/mol. The van der Waals surface area contributed by atoms with E-state index in [1.807, 2.05) is 6.92 Å². The average molecular weight is 284 g/mol. The predicted octanol–water partition coefficient (Wildman–Crippen LogP) is 1.54. The molecule has 0 saturated heterocycles. The number of amides is 1. The van der Waals surface area contributed by atoms with E-state index in [2.05, 4.69) is 21.2 Å². The number of carbonyl (C=O) groups is 1. The number of rotatable bonds is 3. The highest BCUT2D eigenvalue weighted by Gasteiger charge is 2.12. The minimum atomic E-state index is -0.255. The van der Waals surface area contributed by atoms with Crippen LogP contribution in [0.3, 0.4) is 0 Å². The van der Waals surface area contributed by atoms with Gasteiger partial charge in [-0.2, -0.15) is 0 Å². The maximum absolute atomic E-state index is 11.3. The van der Waals surface area contributed by atoms with Gasteiger partial charge in [0.05, 0.1) is 10.7 Å². The Bertz CT molecular complexity index is 301. The molecule has 4 nitrogen and oxygen atoms in total. The molecule has 0 bridgehead atoms. The molecule has 3 N–H and O–H groups in total. The van der Waals surface area contributed by atoms with Crippen LogP contribution in [-0.2, 0) is 0 Å². The molecular formula is C8H12BrClN2O2. The van der Waals surface area contributed by atoms with Crippen molar-refractivity contribution in [3.63, 3.8) is 0 Å². The number of hydrogen-bond donors (Lipinski definition) is 2. The molecule has 0 aliphatic heterocycles. The van der Waals surface area contributed by atoms with Crippen LogP contribution in [0.1, 0.15) is 17.5 Å². The summed E-state index contributed by atoms with van der Waals surface area (Å²) >= 11 is 3.19. The van der Waals surface area contributed by atoms with Gasteiger partial charge in [-0.3, -0.25) is 4.79 Å². The zero-order valence-corrected chi connectivity index (χ0v) is 10.0. The van der Waals surface area contributed by atoms with E-state index in [0.717, 1.165) is 0 Å². The first-order valence-electron chi connectivity index (χ1n) is 3.88. The summed E-state index contributed by atoms with van der Waals surface area (Å²) in [5.74, 6) is 0.0230. The molecule has 0 fully saturated rings. The van der Waals surface area contributed by atoms with Crippen molar-refractivity contribution in [3.05, 3.63) is 22.6 Å². The van der Waals surface area contributed by atoms with Crippen LogP contribution in [0.2, 0.25) is 0 Å². The molecule has 1 rings (SSSR count). The van der Waals surface area contributed by atoms with Gasteiger partial charge in [0.15, 0.2) is 0 Å². The Labute approximate surface area is 96.8 Å². The highest BCUT2D eigenvalue weighted by atomic mass is 79.9. The van der Waals surface area contributed by atoms with Crippen LogP contribution in [0.5, 0.6) is 0 Å². The summed E-state index contributed by atoms with van der Waals surface area (Å²) in [5.41, 5.74) is 5.48. The highest BCUT2D eigenvalue weighted by molar-refractivity contribution is 9.10. The Morgan fingerprint density at radius 1 is 1.79 bits per heavy atom. The molecule has 0 radical (unpaired) electrons. The van der Waals surface area contributed by atoms with Crippen LogP contribution in [0.4, 0.5) is 0 Å². The van der Waals surface area contributed by atoms with E-state index in [1.54, 1.807) is 6.07 Å². The SMILES string of the molecule is CC(N)CNC(=O)c1occc1Br.Cl. The fourth-order valence-corrected chi connectivity index (χ4v) is 1.17. The van der Waals surface area contributed by atoms with Crippen molar-refractivity contribution in [2.45, 2.75) is 13.0 Å². The smallest absolute Gasteiger partial charge is 0.288 e. The minimum absolute atomic E-state index is 0. The van der Waals surface area contributed by atoms with Crippen LogP contribution in [0.25, 0.3) is 0 Å². The third-order valence-corrected chi connectivity index (χ3v) is 2.03. The van der Waals surface area contributed by atoms with Crippen molar-refractivity contribution in [3.8, 4) is 0 Å². The summed E-state index contributed by atoms with van der Waals surface area (Å²) in [7, 11) is 0. The number of nitrogens with two attached hydrogens (primary N) is 1. The van der Waals surface area contributed by atoms with E-state index >= 15 is 0 Å². The zero-order chi connectivity index (χ0) is 9.84. The van der Waals surface area contributed by atoms with Crippen LogP contribution < -0.4 is 11.1 Å². The molecule has 1 atom stereocenters. The zero-order valence-electron chi connectivity index (χ0n) is 7.62. The predicted molar refractivity (Wildman–Crippen MR) is 59.6 cm³/mol. The first-order valence-corrected chi connectivity index (χ1v) is 4.67. The van der Waals surface area contributed by atoms with Crippen molar-refractivity contribution < 1.29 is 9.21 Å². The van der Waals surface area contributed by atoms with Gasteiger partial charge >= 0.3 is 0 Å². The molecule has 0 saturated carbocycles. The second-order valence-corrected chi connectivity index (χ2v) is 3.64. The third kappa shape index (κ3) is 3.69. The second-order valence-electron chi connectivity index (χ2n) is 2.78. The molecule has 1 aromatic rings. The van der Waals surface area contributed by atoms with Gasteiger partial charge in [-0.05, 0) is 28.9 Å². The van der Waals surface area contributed by atoms with Gasteiger partial charge in [0.2, 0.25) is 5.76 Å². The summed E-state index contributed by atoms with van der Waals surface area (Å²) in [6, 6.07) is 1.61. The molecule has 1 heterocycles. The average Bonchev–Trinajstić information content (AvgIpc) is 2.47. The third-order valence-electron chi connectivity index (χ3n) is 1.41. The standard InChI is InChI=1S/C8H11BrN2O2.ClH/c1-5(10)4-11-8(12)7-6(9)2-3-13-7;/h2-3,5H,4,10H2,1H3,(H,11,12);1H. The molecule has 1 amide bonds. The van der Waals surface area contributed by atoms with Gasteiger partial charge in [-0.15, -0.1) is 12.4 Å². The topological polar surface area (TPSA) is 68.3 Å². The van der Waals surface area contributed by atoms with Crippen LogP contribution >= 0.6 is 28.3 Å². The Morgan fingerprint density at radius 2 is 2.43 bits per heavy atom. The van der Waals surface area contributed by atoms with E-state index in [0.29, 0.717) is 11.0 Å². The van der Waals surface area contributed by atoms with Gasteiger partial charge in [-0.1, -0.05) is 0 Å². The Hall–Kier alpha value is -0.520. The quantitative estimate of drug-likeness (QED) is 0.884. The van der Waals surface area contributed by atoms with Crippen molar-refractivity contribution in [2.75, 3.05) is 6.54 Å². The summed E-state index contributed by atoms with van der Waals surface area (Å²) in [6.45, 7) is 2.25. The lowest BCUT2D eigenvalue weighted by atomic mass is 10.3. The van der Waals surface area contributed by atoms with E-state index in [1.165, 1.54) is 6.26 Å². The van der Waals surface area contributed by atoms with Crippen LogP contribution in [-0.4, -0.2) is 18.5 Å². The maximum Gasteiger partial charge on any atom is 0.288 e. The first kappa shape index (κ1) is 13.5. The number of carbonyl (C=O) groups excluding carboxylic acids is 1. The Balaban J connectivity index is 0.00000169. The van der Waals surface area contributed by atoms with Gasteiger partial charge in [0.25, 0.3) is 5.91 Å². The molecule has 0 aromatic carbocycles. The van der Waals surface area contributed by atoms with Gasteiger partial charge in [0, 0.05) is 12.6 Å². The molecule has 1 aromatic heterocycles. The molecule has 6 heteroatoms. The summed E-state index contributed by atoms with van der Waals surface area (Å²) in [5, 5.41) is 2.64. The van der Waals surface area contributed by atoms with Crippen molar-refractivity contribution in [2.24, 2.45) is 5.73 Å². The molecule has 1 unspecified atom stereocenters. The lowest BCUT2D eigenvalue weighted by Gasteiger charge is -2.05. The fraction of sp³-hybridized carbons (Fsp3) is 0.375. The lowest BCUT2D eigenvalue weighted by molar-refractivity contribution is 0.0923. The normalized spacial score (nSPS) is 11.6. The summed E-state index contributed by atoms with van der Waals surface area (Å²) < 4.78 is 5.61. The van der Waals surface area contributed by atoms with Crippen molar-refractivity contribution in [1.29, 1.82) is 0 Å². The minimum Gasteiger partial charge on any atom is -0.458 e. The van der Waals surface area contributed by atoms with Crippen molar-refractivity contribution >= 4 is 34.2 Å². The Morgan fingerprint density at radius 3 is 2.86 bits per heavy atom. The van der Waals surface area contributed by atoms with Crippen molar-refractivity contribution in [1.82, 2.24) is 5.32 Å². The first-order chi connectivity index (χ1) is 6.11. The number of furan rings is 1. The molecule has 80 valence electrons. The number of hydrogen-bond acceptors (Lipinski definition) is 3. The lowest BCUT2D eigenvalue weighted by Crippen LogP contribution is -2.35. The van der Waals surface area contributed by atoms with Gasteiger partial charge in [-0.25, -0.2) is 0 Å². The monoisotopic (exact) mass is 282 g/mol. The van der Waals surface area contributed by atoms with E-state index in [-0.39, 0.29) is 30.1 Å². The highest BCUT2D eigenvalue weighted by Crippen LogP contribution is 2.16. The summed E-state index contributed by atoms with van der Waals surface area (Å²) in [4.78, 5) is 11.3. The number of nitrogens with one attached hydrogen (secondary N) is 1. The Kier molecular flexibility index (Phi) is 5.83. The van der Waals surface area contributed by atoms with Gasteiger partial charge in [0.1, 0.15) is 0 Å². The maximum atomic E-state index is 11.3. The van der Waals surface area contributed by atoms with E-state index in [4.69, 9.17) is 10.2 Å². The van der Waals surface area contributed by atoms with Crippen LogP contribution in [0, 0.1) is 0 Å². The second kappa shape index (κ2) is 6.06. The fourth-order valence-electron chi connectivity index (χ4n) is 0.790. The number of halogens is 2. The molecule has 14 heavy (non-hydrogen) atoms. The molecule has 0 spiro atoms. The van der Waals surface area contributed by atoms with Gasteiger partial charge < -0.3 is 15.5 Å².